The van der Waals surface area contributed by atoms with Crippen LogP contribution in [0.25, 0.3) is 0 Å². The van der Waals surface area contributed by atoms with E-state index in [2.05, 4.69) is 19.9 Å². The van der Waals surface area contributed by atoms with Crippen LogP contribution in [-0.2, 0) is 11.2 Å². The van der Waals surface area contributed by atoms with Gasteiger partial charge in [-0.2, -0.15) is 0 Å². The van der Waals surface area contributed by atoms with E-state index in [0.717, 1.165) is 49.4 Å². The summed E-state index contributed by atoms with van der Waals surface area (Å²) >= 11 is 0. The van der Waals surface area contributed by atoms with E-state index in [-0.39, 0.29) is 17.9 Å². The second-order valence-electron chi connectivity index (χ2n) is 7.06. The summed E-state index contributed by atoms with van der Waals surface area (Å²) in [5.41, 5.74) is 2.53. The smallest absolute Gasteiger partial charge is 0.271 e. The van der Waals surface area contributed by atoms with Crippen LogP contribution in [0.5, 0.6) is 0 Å². The van der Waals surface area contributed by atoms with Gasteiger partial charge in [0.05, 0.1) is 0 Å². The van der Waals surface area contributed by atoms with Gasteiger partial charge < -0.3 is 14.8 Å². The van der Waals surface area contributed by atoms with Crippen LogP contribution in [0, 0.1) is 13.8 Å². The first-order valence-electron chi connectivity index (χ1n) is 9.45. The molecular formula is C20H27N5O2. The van der Waals surface area contributed by atoms with E-state index in [1.807, 2.05) is 30.9 Å². The zero-order chi connectivity index (χ0) is 19.4. The molecule has 7 heteroatoms. The molecule has 7 nitrogen and oxygen atoms in total. The van der Waals surface area contributed by atoms with Crippen molar-refractivity contribution in [2.24, 2.45) is 0 Å². The van der Waals surface area contributed by atoms with Crippen LogP contribution < -0.4 is 5.32 Å². The molecule has 0 bridgehead atoms. The van der Waals surface area contributed by atoms with Crippen LogP contribution in [0.2, 0.25) is 0 Å². The number of aryl methyl sites for hydroxylation is 1. The Hall–Kier alpha value is -2.70. The molecule has 27 heavy (non-hydrogen) atoms. The highest BCUT2D eigenvalue weighted by Crippen LogP contribution is 2.27. The molecule has 1 N–H and O–H groups in total. The van der Waals surface area contributed by atoms with Crippen molar-refractivity contribution in [3.63, 3.8) is 0 Å². The van der Waals surface area contributed by atoms with E-state index < -0.39 is 0 Å². The molecule has 0 saturated carbocycles. The van der Waals surface area contributed by atoms with E-state index in [0.29, 0.717) is 12.2 Å². The Kier molecular flexibility index (Phi) is 5.88. The lowest BCUT2D eigenvalue weighted by molar-refractivity contribution is -0.130. The number of hydrogen-bond donors (Lipinski definition) is 1. The number of imidazole rings is 1. The number of likely N-dealkylation sites (tertiary alicyclic amines) is 1. The molecule has 0 spiro atoms. The van der Waals surface area contributed by atoms with Gasteiger partial charge in [-0.25, -0.2) is 4.98 Å². The number of aromatic nitrogens is 3. The molecular weight excluding hydrogens is 342 g/mol. The second kappa shape index (κ2) is 8.33. The minimum Gasteiger partial charge on any atom is -0.350 e. The summed E-state index contributed by atoms with van der Waals surface area (Å²) in [4.78, 5) is 34.5. The fourth-order valence-electron chi connectivity index (χ4n) is 3.80. The van der Waals surface area contributed by atoms with Gasteiger partial charge in [-0.3, -0.25) is 14.6 Å². The summed E-state index contributed by atoms with van der Waals surface area (Å²) in [7, 11) is 0. The van der Waals surface area contributed by atoms with Gasteiger partial charge in [-0.05, 0) is 50.8 Å². The molecule has 144 valence electrons. The lowest BCUT2D eigenvalue weighted by Gasteiger charge is -2.33. The molecule has 0 aromatic carbocycles. The van der Waals surface area contributed by atoms with Crippen LogP contribution in [-0.4, -0.2) is 50.9 Å². The number of rotatable bonds is 5. The van der Waals surface area contributed by atoms with E-state index in [4.69, 9.17) is 0 Å². The Morgan fingerprint density at radius 3 is 2.48 bits per heavy atom. The molecule has 0 radical (unpaired) electrons. The zero-order valence-electron chi connectivity index (χ0n) is 16.2. The molecule has 2 aromatic heterocycles. The van der Waals surface area contributed by atoms with Crippen molar-refractivity contribution in [1.82, 2.24) is 24.8 Å². The van der Waals surface area contributed by atoms with Crippen LogP contribution in [0.15, 0.2) is 24.5 Å². The summed E-state index contributed by atoms with van der Waals surface area (Å²) in [5.74, 6) is 0.847. The van der Waals surface area contributed by atoms with Crippen molar-refractivity contribution in [2.75, 3.05) is 19.6 Å². The van der Waals surface area contributed by atoms with Crippen molar-refractivity contribution in [2.45, 2.75) is 46.1 Å². The third kappa shape index (κ3) is 4.35. The van der Waals surface area contributed by atoms with Crippen LogP contribution >= 0.6 is 0 Å². The van der Waals surface area contributed by atoms with E-state index >= 15 is 0 Å². The molecule has 2 amide bonds. The predicted molar refractivity (Wildman–Crippen MR) is 103 cm³/mol. The number of piperidine rings is 1. The Bertz CT molecular complexity index is 807. The lowest BCUT2D eigenvalue weighted by atomic mass is 10.0. The topological polar surface area (TPSA) is 80.1 Å². The molecule has 0 unspecified atom stereocenters. The van der Waals surface area contributed by atoms with Gasteiger partial charge in [-0.15, -0.1) is 0 Å². The Labute approximate surface area is 159 Å². The summed E-state index contributed by atoms with van der Waals surface area (Å²) in [6.07, 6.45) is 6.05. The number of amides is 2. The molecule has 1 saturated heterocycles. The number of carbonyl (C=O) groups excluding carboxylic acids is 2. The van der Waals surface area contributed by atoms with Gasteiger partial charge in [0.2, 0.25) is 5.91 Å². The minimum atomic E-state index is -0.135. The van der Waals surface area contributed by atoms with Gasteiger partial charge in [0.15, 0.2) is 0 Å². The monoisotopic (exact) mass is 369 g/mol. The fraction of sp³-hybridized carbons (Fsp3) is 0.500. The van der Waals surface area contributed by atoms with Crippen LogP contribution in [0.3, 0.4) is 0 Å². The van der Waals surface area contributed by atoms with Crippen molar-refractivity contribution in [3.8, 4) is 0 Å². The zero-order valence-corrected chi connectivity index (χ0v) is 16.2. The van der Waals surface area contributed by atoms with E-state index in [9.17, 15) is 9.59 Å². The van der Waals surface area contributed by atoms with Gasteiger partial charge >= 0.3 is 0 Å². The van der Waals surface area contributed by atoms with Gasteiger partial charge in [-0.1, -0.05) is 0 Å². The van der Waals surface area contributed by atoms with Crippen molar-refractivity contribution < 1.29 is 9.59 Å². The SMILES string of the molecule is CC(=O)N1CCC(n2c(C)nc(C(=O)NCCc3ccncc3)c2C)CC1. The number of hydrogen-bond acceptors (Lipinski definition) is 4. The lowest BCUT2D eigenvalue weighted by Crippen LogP contribution is -2.38. The molecule has 3 heterocycles. The van der Waals surface area contributed by atoms with Gasteiger partial charge in [0.25, 0.3) is 5.91 Å². The standard InChI is InChI=1S/C20H27N5O2/c1-14-19(20(27)22-11-6-17-4-9-21-10-5-17)23-15(2)25(14)18-7-12-24(13-8-18)16(3)26/h4-5,9-10,18H,6-8,11-13H2,1-3H3,(H,22,27). The highest BCUT2D eigenvalue weighted by molar-refractivity contribution is 5.93. The number of nitrogens with one attached hydrogen (secondary N) is 1. The summed E-state index contributed by atoms with van der Waals surface area (Å²) in [6, 6.07) is 4.18. The molecule has 3 rings (SSSR count). The second-order valence-corrected chi connectivity index (χ2v) is 7.06. The molecule has 0 aliphatic carbocycles. The Balaban J connectivity index is 1.63. The third-order valence-electron chi connectivity index (χ3n) is 5.26. The summed E-state index contributed by atoms with van der Waals surface area (Å²) in [6.45, 7) is 7.58. The number of pyridine rings is 1. The van der Waals surface area contributed by atoms with Crippen LogP contribution in [0.4, 0.5) is 0 Å². The predicted octanol–water partition coefficient (Wildman–Crippen LogP) is 2.05. The molecule has 0 atom stereocenters. The highest BCUT2D eigenvalue weighted by Gasteiger charge is 2.26. The van der Waals surface area contributed by atoms with Crippen molar-refractivity contribution in [1.29, 1.82) is 0 Å². The molecule has 1 aliphatic rings. The molecule has 2 aromatic rings. The molecule has 1 aliphatic heterocycles. The van der Waals surface area contributed by atoms with E-state index in [1.54, 1.807) is 19.3 Å². The molecule has 1 fully saturated rings. The fourth-order valence-corrected chi connectivity index (χ4v) is 3.80. The summed E-state index contributed by atoms with van der Waals surface area (Å²) in [5, 5.41) is 2.97. The first-order chi connectivity index (χ1) is 13.0. The quantitative estimate of drug-likeness (QED) is 0.875. The number of nitrogens with zero attached hydrogens (tertiary/aromatic N) is 4. The first kappa shape index (κ1) is 19.1. The van der Waals surface area contributed by atoms with E-state index in [1.165, 1.54) is 0 Å². The maximum absolute atomic E-state index is 12.6. The maximum atomic E-state index is 12.6. The summed E-state index contributed by atoms with van der Waals surface area (Å²) < 4.78 is 2.16. The average Bonchev–Trinajstić information content (AvgIpc) is 2.97. The highest BCUT2D eigenvalue weighted by atomic mass is 16.2. The van der Waals surface area contributed by atoms with Crippen LogP contribution in [0.1, 0.15) is 53.4 Å². The largest absolute Gasteiger partial charge is 0.350 e. The van der Waals surface area contributed by atoms with Crippen molar-refractivity contribution >= 4 is 11.8 Å². The Morgan fingerprint density at radius 1 is 1.19 bits per heavy atom. The number of carbonyl (C=O) groups is 2. The third-order valence-corrected chi connectivity index (χ3v) is 5.26. The van der Waals surface area contributed by atoms with Gasteiger partial charge in [0, 0.05) is 50.7 Å². The Morgan fingerprint density at radius 2 is 1.85 bits per heavy atom. The minimum absolute atomic E-state index is 0.127. The normalized spacial score (nSPS) is 15.0. The average molecular weight is 369 g/mol. The first-order valence-corrected chi connectivity index (χ1v) is 9.45. The van der Waals surface area contributed by atoms with Gasteiger partial charge in [0.1, 0.15) is 11.5 Å². The van der Waals surface area contributed by atoms with Crippen molar-refractivity contribution in [3.05, 3.63) is 47.3 Å². The maximum Gasteiger partial charge on any atom is 0.271 e.